The van der Waals surface area contributed by atoms with E-state index in [9.17, 15) is 9.59 Å². The Morgan fingerprint density at radius 3 is 2.59 bits per heavy atom. The number of urea groups is 1. The Hall–Kier alpha value is -2.24. The summed E-state index contributed by atoms with van der Waals surface area (Å²) in [6.07, 6.45) is 3.90. The van der Waals surface area contributed by atoms with Crippen LogP contribution in [0.5, 0.6) is 0 Å². The monoisotopic (exact) mass is 431 g/mol. The molecule has 0 bridgehead atoms. The minimum absolute atomic E-state index is 0.0511. The smallest absolute Gasteiger partial charge is 0.324 e. The molecule has 1 heterocycles. The molecule has 1 saturated carbocycles. The second-order valence-corrected chi connectivity index (χ2v) is 8.44. The zero-order valence-electron chi connectivity index (χ0n) is 16.0. The minimum atomic E-state index is -0.0511. The van der Waals surface area contributed by atoms with Crippen LogP contribution in [0.15, 0.2) is 42.5 Å². The van der Waals surface area contributed by atoms with Crippen LogP contribution in [-0.4, -0.2) is 29.9 Å². The molecule has 0 aromatic heterocycles. The number of hydrogen-bond acceptors (Lipinski definition) is 2. The summed E-state index contributed by atoms with van der Waals surface area (Å²) in [5.74, 6) is 0.191. The Labute approximate surface area is 180 Å². The standard InChI is InChI=1S/C22H23Cl2N3O2/c23-19-9-8-15(12-20(19)24)14-26-10-3-11-27(22(26)29)18-7-2-6-17(13-18)25-21(28)16-4-1-5-16/h2,6-9,12-13,16H,1,3-5,10-11,14H2,(H,25,28). The average Bonchev–Trinajstić information content (AvgIpc) is 2.65. The number of rotatable bonds is 5. The fourth-order valence-electron chi connectivity index (χ4n) is 3.69. The average molecular weight is 432 g/mol. The van der Waals surface area contributed by atoms with Gasteiger partial charge >= 0.3 is 6.03 Å². The molecule has 2 aromatic carbocycles. The number of hydrogen-bond donors (Lipinski definition) is 1. The van der Waals surface area contributed by atoms with Crippen molar-refractivity contribution in [1.29, 1.82) is 0 Å². The van der Waals surface area contributed by atoms with Crippen molar-refractivity contribution < 1.29 is 9.59 Å². The van der Waals surface area contributed by atoms with Crippen LogP contribution in [0.2, 0.25) is 10.0 Å². The van der Waals surface area contributed by atoms with E-state index >= 15 is 0 Å². The lowest BCUT2D eigenvalue weighted by molar-refractivity contribution is -0.122. The third-order valence-electron chi connectivity index (χ3n) is 5.57. The van der Waals surface area contributed by atoms with Crippen LogP contribution >= 0.6 is 23.2 Å². The number of nitrogens with one attached hydrogen (secondary N) is 1. The molecule has 0 atom stereocenters. The zero-order valence-corrected chi connectivity index (χ0v) is 17.5. The maximum atomic E-state index is 13.1. The van der Waals surface area contributed by atoms with E-state index in [2.05, 4.69) is 5.32 Å². The van der Waals surface area contributed by atoms with E-state index in [1.165, 1.54) is 0 Å². The highest BCUT2D eigenvalue weighted by Crippen LogP contribution is 2.29. The molecule has 2 aliphatic rings. The summed E-state index contributed by atoms with van der Waals surface area (Å²) in [5, 5.41) is 3.97. The van der Waals surface area contributed by atoms with Crippen molar-refractivity contribution >= 4 is 46.5 Å². The summed E-state index contributed by atoms with van der Waals surface area (Å²) in [6, 6.07) is 12.9. The highest BCUT2D eigenvalue weighted by atomic mass is 35.5. The molecule has 1 N–H and O–H groups in total. The van der Waals surface area contributed by atoms with E-state index in [0.29, 0.717) is 29.7 Å². The van der Waals surface area contributed by atoms with Gasteiger partial charge in [-0.1, -0.05) is 41.8 Å². The van der Waals surface area contributed by atoms with Crippen molar-refractivity contribution in [3.8, 4) is 0 Å². The number of anilines is 2. The first-order valence-corrected chi connectivity index (χ1v) is 10.7. The molecular formula is C22H23Cl2N3O2. The molecule has 5 nitrogen and oxygen atoms in total. The molecule has 1 aliphatic carbocycles. The normalized spacial score (nSPS) is 17.2. The predicted octanol–water partition coefficient (Wildman–Crippen LogP) is 5.56. The van der Waals surface area contributed by atoms with Gasteiger partial charge in [-0.15, -0.1) is 0 Å². The molecule has 29 heavy (non-hydrogen) atoms. The van der Waals surface area contributed by atoms with Gasteiger partial charge in [-0.25, -0.2) is 4.79 Å². The molecule has 0 spiro atoms. The number of nitrogens with zero attached hydrogens (tertiary/aromatic N) is 2. The number of carbonyl (C=O) groups excluding carboxylic acids is 2. The SMILES string of the molecule is O=C(Nc1cccc(N2CCCN(Cc3ccc(Cl)c(Cl)c3)C2=O)c1)C1CCC1. The number of amides is 3. The summed E-state index contributed by atoms with van der Waals surface area (Å²) < 4.78 is 0. The maximum Gasteiger partial charge on any atom is 0.324 e. The highest BCUT2D eigenvalue weighted by molar-refractivity contribution is 6.42. The van der Waals surface area contributed by atoms with Crippen molar-refractivity contribution in [2.45, 2.75) is 32.2 Å². The summed E-state index contributed by atoms with van der Waals surface area (Å²) in [5.41, 5.74) is 2.46. The third kappa shape index (κ3) is 4.51. The van der Waals surface area contributed by atoms with Crippen molar-refractivity contribution in [1.82, 2.24) is 4.90 Å². The van der Waals surface area contributed by atoms with Gasteiger partial charge in [0.25, 0.3) is 0 Å². The molecule has 1 aliphatic heterocycles. The lowest BCUT2D eigenvalue weighted by Gasteiger charge is -2.36. The molecule has 3 amide bonds. The minimum Gasteiger partial charge on any atom is -0.326 e. The van der Waals surface area contributed by atoms with Crippen molar-refractivity contribution in [2.24, 2.45) is 5.92 Å². The molecule has 2 fully saturated rings. The first-order valence-electron chi connectivity index (χ1n) is 9.92. The van der Waals surface area contributed by atoms with Crippen LogP contribution in [0.4, 0.5) is 16.2 Å². The second-order valence-electron chi connectivity index (χ2n) is 7.63. The maximum absolute atomic E-state index is 13.1. The fourth-order valence-corrected chi connectivity index (χ4v) is 4.01. The van der Waals surface area contributed by atoms with Crippen LogP contribution in [-0.2, 0) is 11.3 Å². The largest absolute Gasteiger partial charge is 0.326 e. The lowest BCUT2D eigenvalue weighted by atomic mass is 9.85. The van der Waals surface area contributed by atoms with Crippen molar-refractivity contribution in [3.63, 3.8) is 0 Å². The van der Waals surface area contributed by atoms with Gasteiger partial charge < -0.3 is 10.2 Å². The van der Waals surface area contributed by atoms with E-state index in [1.807, 2.05) is 35.2 Å². The Kier molecular flexibility index (Phi) is 5.97. The predicted molar refractivity (Wildman–Crippen MR) is 117 cm³/mol. The van der Waals surface area contributed by atoms with Gasteiger partial charge in [-0.05, 0) is 55.2 Å². The topological polar surface area (TPSA) is 52.7 Å². The Bertz CT molecular complexity index is 930. The number of carbonyl (C=O) groups is 2. The first-order chi connectivity index (χ1) is 14.0. The summed E-state index contributed by atoms with van der Waals surface area (Å²) in [4.78, 5) is 28.9. The number of benzene rings is 2. The molecular weight excluding hydrogens is 409 g/mol. The van der Waals surface area contributed by atoms with Crippen LogP contribution in [0, 0.1) is 5.92 Å². The van der Waals surface area contributed by atoms with E-state index in [-0.39, 0.29) is 17.9 Å². The van der Waals surface area contributed by atoms with Crippen molar-refractivity contribution in [2.75, 3.05) is 23.3 Å². The van der Waals surface area contributed by atoms with Crippen molar-refractivity contribution in [3.05, 3.63) is 58.1 Å². The van der Waals surface area contributed by atoms with Crippen LogP contribution in [0.3, 0.4) is 0 Å². The Morgan fingerprint density at radius 1 is 1.03 bits per heavy atom. The van der Waals surface area contributed by atoms with Gasteiger partial charge in [-0.2, -0.15) is 0 Å². The second kappa shape index (κ2) is 8.64. The van der Waals surface area contributed by atoms with Gasteiger partial charge in [0.1, 0.15) is 0 Å². The molecule has 4 rings (SSSR count). The van der Waals surface area contributed by atoms with Gasteiger partial charge in [0.2, 0.25) is 5.91 Å². The number of halogens is 2. The molecule has 2 aromatic rings. The van der Waals surface area contributed by atoms with E-state index in [4.69, 9.17) is 23.2 Å². The summed E-state index contributed by atoms with van der Waals surface area (Å²) in [6.45, 7) is 1.81. The Morgan fingerprint density at radius 2 is 1.86 bits per heavy atom. The molecule has 0 unspecified atom stereocenters. The fraction of sp³-hybridized carbons (Fsp3) is 0.364. The van der Waals surface area contributed by atoms with Gasteiger partial charge in [-0.3, -0.25) is 9.69 Å². The highest BCUT2D eigenvalue weighted by Gasteiger charge is 2.28. The lowest BCUT2D eigenvalue weighted by Crippen LogP contribution is -2.49. The molecule has 0 radical (unpaired) electrons. The molecule has 1 saturated heterocycles. The Balaban J connectivity index is 1.46. The van der Waals surface area contributed by atoms with Crippen LogP contribution < -0.4 is 10.2 Å². The van der Waals surface area contributed by atoms with E-state index in [1.54, 1.807) is 17.0 Å². The van der Waals surface area contributed by atoms with Crippen LogP contribution in [0.1, 0.15) is 31.2 Å². The zero-order chi connectivity index (χ0) is 20.4. The quantitative estimate of drug-likeness (QED) is 0.672. The first kappa shape index (κ1) is 20.0. The van der Waals surface area contributed by atoms with Gasteiger partial charge in [0.15, 0.2) is 0 Å². The molecule has 152 valence electrons. The van der Waals surface area contributed by atoms with Gasteiger partial charge in [0, 0.05) is 36.9 Å². The molecule has 7 heteroatoms. The third-order valence-corrected chi connectivity index (χ3v) is 6.31. The summed E-state index contributed by atoms with van der Waals surface area (Å²) >= 11 is 12.1. The van der Waals surface area contributed by atoms with Gasteiger partial charge in [0.05, 0.1) is 10.0 Å². The van der Waals surface area contributed by atoms with Crippen LogP contribution in [0.25, 0.3) is 0 Å². The van der Waals surface area contributed by atoms with E-state index < -0.39 is 0 Å². The summed E-state index contributed by atoms with van der Waals surface area (Å²) in [7, 11) is 0. The van der Waals surface area contributed by atoms with E-state index in [0.717, 1.165) is 42.6 Å².